The second-order valence-electron chi connectivity index (χ2n) is 6.75. The number of carbonyl (C=O) groups is 1. The molecule has 4 nitrogen and oxygen atoms in total. The molecular weight excluding hydrogens is 389 g/mol. The van der Waals surface area contributed by atoms with E-state index in [2.05, 4.69) is 16.0 Å². The lowest BCUT2D eigenvalue weighted by molar-refractivity contribution is -0.123. The molecule has 0 saturated carbocycles. The van der Waals surface area contributed by atoms with Crippen LogP contribution in [0, 0.1) is 12.3 Å². The molecule has 134 valence electrons. The summed E-state index contributed by atoms with van der Waals surface area (Å²) in [5, 5.41) is 8.75. The van der Waals surface area contributed by atoms with E-state index in [9.17, 15) is 4.79 Å². The van der Waals surface area contributed by atoms with E-state index < -0.39 is 9.96 Å². The normalized spacial score (nSPS) is 13.1. The quantitative estimate of drug-likeness (QED) is 0.388. The average Bonchev–Trinajstić information content (AvgIpc) is 2.34. The number of nitrogens with one attached hydrogen (secondary N) is 3. The van der Waals surface area contributed by atoms with Gasteiger partial charge in [-0.2, -0.15) is 0 Å². The summed E-state index contributed by atoms with van der Waals surface area (Å²) >= 11 is 23.1. The lowest BCUT2D eigenvalue weighted by atomic mass is 9.92. The van der Waals surface area contributed by atoms with Crippen LogP contribution >= 0.6 is 47.0 Å². The van der Waals surface area contributed by atoms with Gasteiger partial charge in [-0.15, -0.1) is 0 Å². The van der Waals surface area contributed by atoms with Crippen molar-refractivity contribution in [3.8, 4) is 0 Å². The minimum absolute atomic E-state index is 0.178. The first-order chi connectivity index (χ1) is 10.9. The Kier molecular flexibility index (Phi) is 7.60. The monoisotopic (exact) mass is 409 g/mol. The Balaban J connectivity index is 2.72. The molecule has 1 aromatic rings. The third kappa shape index (κ3) is 8.38. The fourth-order valence-corrected chi connectivity index (χ4v) is 2.48. The van der Waals surface area contributed by atoms with Crippen LogP contribution in [-0.2, 0) is 4.79 Å². The van der Waals surface area contributed by atoms with Crippen LogP contribution in [0.15, 0.2) is 24.3 Å². The summed E-state index contributed by atoms with van der Waals surface area (Å²) in [5.74, 6) is -0.232. The molecule has 0 aliphatic carbocycles. The van der Waals surface area contributed by atoms with Crippen molar-refractivity contribution in [3.63, 3.8) is 0 Å². The fourth-order valence-electron chi connectivity index (χ4n) is 1.91. The number of halogens is 3. The van der Waals surface area contributed by atoms with Gasteiger partial charge < -0.3 is 16.0 Å². The van der Waals surface area contributed by atoms with Gasteiger partial charge in [0.05, 0.1) is 0 Å². The predicted molar refractivity (Wildman–Crippen MR) is 107 cm³/mol. The van der Waals surface area contributed by atoms with E-state index in [-0.39, 0.29) is 16.4 Å². The number of carbonyl (C=O) groups excluding carboxylic acids is 1. The molecule has 1 amide bonds. The first-order valence-corrected chi connectivity index (χ1v) is 8.91. The minimum atomic E-state index is -1.76. The first kappa shape index (κ1) is 21.3. The van der Waals surface area contributed by atoms with Crippen LogP contribution in [0.25, 0.3) is 0 Å². The molecule has 0 aromatic heterocycles. The molecule has 0 fully saturated rings. The van der Waals surface area contributed by atoms with E-state index in [1.54, 1.807) is 0 Å². The smallest absolute Gasteiger partial charge is 0.228 e. The first-order valence-electron chi connectivity index (χ1n) is 7.37. The van der Waals surface area contributed by atoms with Crippen molar-refractivity contribution >= 4 is 63.7 Å². The lowest BCUT2D eigenvalue weighted by Crippen LogP contribution is -2.56. The molecule has 0 bridgehead atoms. The highest BCUT2D eigenvalue weighted by molar-refractivity contribution is 7.80. The zero-order chi connectivity index (χ0) is 18.5. The summed E-state index contributed by atoms with van der Waals surface area (Å²) < 4.78 is -1.76. The summed E-state index contributed by atoms with van der Waals surface area (Å²) in [6, 6.07) is 7.66. The second-order valence-corrected chi connectivity index (χ2v) is 9.52. The van der Waals surface area contributed by atoms with Gasteiger partial charge in [0.25, 0.3) is 0 Å². The maximum absolute atomic E-state index is 12.1. The third-order valence-corrected chi connectivity index (χ3v) is 3.75. The summed E-state index contributed by atoms with van der Waals surface area (Å²) in [5.41, 5.74) is 1.71. The molecule has 8 heteroatoms. The van der Waals surface area contributed by atoms with Gasteiger partial charge >= 0.3 is 0 Å². The molecule has 0 radical (unpaired) electrons. The van der Waals surface area contributed by atoms with Crippen molar-refractivity contribution in [3.05, 3.63) is 29.8 Å². The molecule has 24 heavy (non-hydrogen) atoms. The van der Waals surface area contributed by atoms with Crippen LogP contribution < -0.4 is 16.0 Å². The Bertz CT molecular complexity index is 597. The number of alkyl halides is 3. The van der Waals surface area contributed by atoms with Gasteiger partial charge in [0.1, 0.15) is 6.17 Å². The zero-order valence-electron chi connectivity index (χ0n) is 14.0. The Labute approximate surface area is 163 Å². The number of hydrogen-bond acceptors (Lipinski definition) is 2. The summed E-state index contributed by atoms with van der Waals surface area (Å²) in [6.07, 6.45) is -0.661. The fraction of sp³-hybridized carbons (Fsp3) is 0.500. The highest BCUT2D eigenvalue weighted by Crippen LogP contribution is 2.29. The Hall–Kier alpha value is -0.750. The number of hydrogen-bond donors (Lipinski definition) is 3. The molecule has 3 N–H and O–H groups in total. The van der Waals surface area contributed by atoms with Crippen LogP contribution in [0.1, 0.15) is 32.8 Å². The van der Waals surface area contributed by atoms with Gasteiger partial charge in [0, 0.05) is 12.1 Å². The highest BCUT2D eigenvalue weighted by atomic mass is 35.6. The Morgan fingerprint density at radius 2 is 1.83 bits per heavy atom. The summed E-state index contributed by atoms with van der Waals surface area (Å²) in [4.78, 5) is 12.1. The maximum Gasteiger partial charge on any atom is 0.228 e. The van der Waals surface area contributed by atoms with Crippen molar-refractivity contribution in [1.29, 1.82) is 0 Å². The van der Waals surface area contributed by atoms with Gasteiger partial charge in [-0.05, 0) is 42.3 Å². The van der Waals surface area contributed by atoms with Gasteiger partial charge in [-0.3, -0.25) is 4.79 Å². The molecule has 1 atom stereocenters. The van der Waals surface area contributed by atoms with Gasteiger partial charge in [0.15, 0.2) is 5.11 Å². The molecule has 1 aromatic carbocycles. The van der Waals surface area contributed by atoms with Crippen molar-refractivity contribution in [2.24, 2.45) is 5.41 Å². The standard InChI is InChI=1S/C16H22Cl3N3OS/c1-10-6-5-7-11(8-10)20-14(24)22-13(16(17,18)19)21-12(23)9-15(2,3)4/h5-8,13H,9H2,1-4H3,(H,21,23)(H2,20,22,24). The van der Waals surface area contributed by atoms with Gasteiger partial charge in [-0.1, -0.05) is 67.7 Å². The molecule has 1 unspecified atom stereocenters. The Morgan fingerprint density at radius 3 is 2.33 bits per heavy atom. The maximum atomic E-state index is 12.1. The minimum Gasteiger partial charge on any atom is -0.339 e. The van der Waals surface area contributed by atoms with Crippen LogP contribution in [0.5, 0.6) is 0 Å². The highest BCUT2D eigenvalue weighted by Gasteiger charge is 2.35. The lowest BCUT2D eigenvalue weighted by Gasteiger charge is -2.29. The summed E-state index contributed by atoms with van der Waals surface area (Å²) in [7, 11) is 0. The molecule has 0 aliphatic rings. The number of amides is 1. The number of aryl methyl sites for hydroxylation is 1. The van der Waals surface area contributed by atoms with Crippen molar-refractivity contribution in [2.75, 3.05) is 5.32 Å². The van der Waals surface area contributed by atoms with E-state index in [1.165, 1.54) is 0 Å². The molecule has 0 saturated heterocycles. The zero-order valence-corrected chi connectivity index (χ0v) is 17.1. The number of benzene rings is 1. The van der Waals surface area contributed by atoms with Crippen molar-refractivity contribution < 1.29 is 4.79 Å². The number of rotatable bonds is 4. The molecular formula is C16H22Cl3N3OS. The van der Waals surface area contributed by atoms with E-state index >= 15 is 0 Å². The van der Waals surface area contributed by atoms with Crippen LogP contribution in [0.4, 0.5) is 5.69 Å². The van der Waals surface area contributed by atoms with E-state index in [4.69, 9.17) is 47.0 Å². The Morgan fingerprint density at radius 1 is 1.21 bits per heavy atom. The number of anilines is 1. The van der Waals surface area contributed by atoms with Crippen LogP contribution in [0.3, 0.4) is 0 Å². The predicted octanol–water partition coefficient (Wildman–Crippen LogP) is 4.53. The van der Waals surface area contributed by atoms with E-state index in [0.29, 0.717) is 6.42 Å². The molecule has 1 rings (SSSR count). The average molecular weight is 411 g/mol. The number of thiocarbonyl (C=S) groups is 1. The largest absolute Gasteiger partial charge is 0.339 e. The third-order valence-electron chi connectivity index (χ3n) is 2.87. The van der Waals surface area contributed by atoms with E-state index in [1.807, 2.05) is 52.0 Å². The molecule has 0 spiro atoms. The second kappa shape index (κ2) is 8.56. The van der Waals surface area contributed by atoms with Crippen molar-refractivity contribution in [1.82, 2.24) is 10.6 Å². The van der Waals surface area contributed by atoms with Crippen LogP contribution in [-0.4, -0.2) is 21.0 Å². The molecule has 0 heterocycles. The van der Waals surface area contributed by atoms with Crippen LogP contribution in [0.2, 0.25) is 0 Å². The van der Waals surface area contributed by atoms with Gasteiger partial charge in [0.2, 0.25) is 9.70 Å². The molecule has 0 aliphatic heterocycles. The SMILES string of the molecule is Cc1cccc(NC(=S)NC(NC(=O)CC(C)(C)C)C(Cl)(Cl)Cl)c1. The van der Waals surface area contributed by atoms with Gasteiger partial charge in [-0.25, -0.2) is 0 Å². The van der Waals surface area contributed by atoms with Crippen molar-refractivity contribution in [2.45, 2.75) is 44.1 Å². The summed E-state index contributed by atoms with van der Waals surface area (Å²) in [6.45, 7) is 7.83. The topological polar surface area (TPSA) is 53.2 Å². The van der Waals surface area contributed by atoms with E-state index in [0.717, 1.165) is 11.3 Å².